The highest BCUT2D eigenvalue weighted by Gasteiger charge is 2.34. The molecule has 0 unspecified atom stereocenters. The number of sulfonamides is 1. The van der Waals surface area contributed by atoms with Gasteiger partial charge in [-0.3, -0.25) is 9.71 Å². The topological polar surface area (TPSA) is 58.5 Å². The molecule has 3 atom stereocenters. The van der Waals surface area contributed by atoms with Crippen molar-refractivity contribution in [1.82, 2.24) is 4.72 Å². The van der Waals surface area contributed by atoms with E-state index < -0.39 is 10.0 Å². The van der Waals surface area contributed by atoms with Gasteiger partial charge in [-0.05, 0) is 37.7 Å². The van der Waals surface area contributed by atoms with Gasteiger partial charge in [0.2, 0.25) is 0 Å². The zero-order valence-electron chi connectivity index (χ0n) is 14.8. The van der Waals surface area contributed by atoms with Crippen LogP contribution in [0.2, 0.25) is 0 Å². The Balaban J connectivity index is 1.99. The van der Waals surface area contributed by atoms with Crippen LogP contribution in [0.25, 0.3) is 4.91 Å². The number of aliphatic imine (C=N–C) groups is 1. The number of hydrogen-bond donors (Lipinski definition) is 1. The van der Waals surface area contributed by atoms with Gasteiger partial charge in [-0.2, -0.15) is 0 Å². The number of benzene rings is 1. The molecule has 1 N–H and O–H groups in total. The third kappa shape index (κ3) is 3.14. The van der Waals surface area contributed by atoms with Crippen LogP contribution in [-0.4, -0.2) is 20.3 Å². The van der Waals surface area contributed by atoms with Crippen molar-refractivity contribution in [3.05, 3.63) is 41.0 Å². The summed E-state index contributed by atoms with van der Waals surface area (Å²) in [5.74, 6) is 1.63. The van der Waals surface area contributed by atoms with Crippen LogP contribution >= 0.6 is 0 Å². The van der Waals surface area contributed by atoms with E-state index in [0.717, 1.165) is 29.5 Å². The number of rotatable bonds is 2. The average Bonchev–Trinajstić information content (AvgIpc) is 2.74. The molecule has 24 heavy (non-hydrogen) atoms. The lowest BCUT2D eigenvalue weighted by molar-refractivity contribution is 0.241. The zero-order valence-corrected chi connectivity index (χ0v) is 15.7. The van der Waals surface area contributed by atoms with E-state index in [1.165, 1.54) is 6.42 Å². The standard InChI is InChI=1S/C19H26N2O2S/c1-12-8-10-16(11-9-12)18-15(4)19(21-24(18,22)23)20-17-7-5-6-13(2)14(17)3/h8-11,13-14,17H,5-7H2,1-4H3,(H,20,21)/t13-,14+,17+/m0/s1. The number of nitrogens with zero attached hydrogens (tertiary/aromatic N) is 1. The first-order chi connectivity index (χ1) is 11.3. The summed E-state index contributed by atoms with van der Waals surface area (Å²) in [5.41, 5.74) is 2.56. The van der Waals surface area contributed by atoms with Gasteiger partial charge in [0, 0.05) is 5.57 Å². The minimum absolute atomic E-state index is 0.193. The maximum Gasteiger partial charge on any atom is 0.264 e. The Morgan fingerprint density at radius 3 is 2.42 bits per heavy atom. The lowest BCUT2D eigenvalue weighted by Crippen LogP contribution is -2.31. The summed E-state index contributed by atoms with van der Waals surface area (Å²) in [6.07, 6.45) is 3.43. The molecule has 0 radical (unpaired) electrons. The van der Waals surface area contributed by atoms with Crippen LogP contribution in [0.1, 0.15) is 51.2 Å². The molecule has 1 fully saturated rings. The molecule has 1 aliphatic carbocycles. The van der Waals surface area contributed by atoms with Gasteiger partial charge >= 0.3 is 0 Å². The summed E-state index contributed by atoms with van der Waals surface area (Å²) in [5, 5.41) is 0. The first-order valence-corrected chi connectivity index (χ1v) is 10.2. The van der Waals surface area contributed by atoms with Gasteiger partial charge in [-0.25, -0.2) is 8.42 Å². The van der Waals surface area contributed by atoms with Crippen molar-refractivity contribution in [2.45, 2.75) is 53.0 Å². The van der Waals surface area contributed by atoms with E-state index in [-0.39, 0.29) is 6.04 Å². The van der Waals surface area contributed by atoms with Gasteiger partial charge in [0.05, 0.1) is 6.04 Å². The molecule has 1 saturated carbocycles. The van der Waals surface area contributed by atoms with Crippen molar-refractivity contribution >= 4 is 20.8 Å². The van der Waals surface area contributed by atoms with Gasteiger partial charge in [0.25, 0.3) is 10.0 Å². The molecule has 0 aromatic heterocycles. The molecule has 0 amide bonds. The van der Waals surface area contributed by atoms with E-state index in [1.54, 1.807) is 0 Å². The fourth-order valence-corrected chi connectivity index (χ4v) is 5.17. The summed E-state index contributed by atoms with van der Waals surface area (Å²) in [6.45, 7) is 8.33. The fourth-order valence-electron chi connectivity index (χ4n) is 3.67. The second-order valence-corrected chi connectivity index (χ2v) is 8.86. The first-order valence-electron chi connectivity index (χ1n) is 8.68. The van der Waals surface area contributed by atoms with Crippen molar-refractivity contribution < 1.29 is 8.42 Å². The molecule has 130 valence electrons. The van der Waals surface area contributed by atoms with Crippen LogP contribution in [0.4, 0.5) is 0 Å². The third-order valence-corrected chi connectivity index (χ3v) is 7.01. The number of nitrogens with one attached hydrogen (secondary N) is 1. The van der Waals surface area contributed by atoms with Gasteiger partial charge < -0.3 is 0 Å². The molecule has 1 aromatic carbocycles. The largest absolute Gasteiger partial charge is 0.264 e. The van der Waals surface area contributed by atoms with Crippen LogP contribution in [0.5, 0.6) is 0 Å². The maximum atomic E-state index is 12.6. The Hall–Kier alpha value is -1.62. The monoisotopic (exact) mass is 346 g/mol. The van der Waals surface area contributed by atoms with E-state index in [4.69, 9.17) is 4.99 Å². The van der Waals surface area contributed by atoms with E-state index in [9.17, 15) is 8.42 Å². The summed E-state index contributed by atoms with van der Waals surface area (Å²) in [7, 11) is -3.53. The van der Waals surface area contributed by atoms with Crippen LogP contribution in [-0.2, 0) is 10.0 Å². The fraction of sp³-hybridized carbons (Fsp3) is 0.526. The molecule has 1 aliphatic heterocycles. The average molecular weight is 346 g/mol. The highest BCUT2D eigenvalue weighted by molar-refractivity contribution is 8.00. The molecule has 2 aliphatic rings. The summed E-state index contributed by atoms with van der Waals surface area (Å²) in [4.78, 5) is 5.16. The quantitative estimate of drug-likeness (QED) is 0.883. The lowest BCUT2D eigenvalue weighted by Gasteiger charge is -2.31. The van der Waals surface area contributed by atoms with Crippen molar-refractivity contribution in [1.29, 1.82) is 0 Å². The normalized spacial score (nSPS) is 31.3. The smallest absolute Gasteiger partial charge is 0.264 e. The molecule has 3 rings (SSSR count). The highest BCUT2D eigenvalue weighted by Crippen LogP contribution is 2.34. The van der Waals surface area contributed by atoms with Gasteiger partial charge in [0.1, 0.15) is 10.7 Å². The van der Waals surface area contributed by atoms with Gasteiger partial charge in [-0.15, -0.1) is 0 Å². The predicted octanol–water partition coefficient (Wildman–Crippen LogP) is 3.88. The highest BCUT2D eigenvalue weighted by atomic mass is 32.2. The van der Waals surface area contributed by atoms with Gasteiger partial charge in [0.15, 0.2) is 0 Å². The second-order valence-electron chi connectivity index (χ2n) is 7.24. The molecule has 0 saturated heterocycles. The molecule has 0 bridgehead atoms. The van der Waals surface area contributed by atoms with Crippen molar-refractivity contribution in [2.75, 3.05) is 0 Å². The number of aryl methyl sites for hydroxylation is 1. The van der Waals surface area contributed by atoms with Crippen LogP contribution in [0, 0.1) is 18.8 Å². The van der Waals surface area contributed by atoms with E-state index in [2.05, 4.69) is 18.6 Å². The van der Waals surface area contributed by atoms with E-state index in [1.807, 2.05) is 38.1 Å². The van der Waals surface area contributed by atoms with Crippen molar-refractivity contribution in [2.24, 2.45) is 16.8 Å². The molecule has 0 spiro atoms. The molecule has 4 nitrogen and oxygen atoms in total. The lowest BCUT2D eigenvalue weighted by atomic mass is 9.78. The predicted molar refractivity (Wildman–Crippen MR) is 99.2 cm³/mol. The van der Waals surface area contributed by atoms with Gasteiger partial charge in [-0.1, -0.05) is 56.5 Å². The Labute approximate surface area is 145 Å². The Kier molecular flexibility index (Phi) is 4.56. The van der Waals surface area contributed by atoms with Crippen molar-refractivity contribution in [3.63, 3.8) is 0 Å². The molecule has 5 heteroatoms. The molecular weight excluding hydrogens is 320 g/mol. The summed E-state index contributed by atoms with van der Waals surface area (Å²) < 4.78 is 27.9. The van der Waals surface area contributed by atoms with Crippen LogP contribution in [0.15, 0.2) is 34.8 Å². The Morgan fingerprint density at radius 1 is 1.08 bits per heavy atom. The third-order valence-electron chi connectivity index (χ3n) is 5.47. The number of hydrogen-bond acceptors (Lipinski definition) is 3. The molecular formula is C19H26N2O2S. The van der Waals surface area contributed by atoms with Crippen LogP contribution < -0.4 is 4.72 Å². The van der Waals surface area contributed by atoms with Crippen molar-refractivity contribution in [3.8, 4) is 0 Å². The minimum Gasteiger partial charge on any atom is -0.264 e. The summed E-state index contributed by atoms with van der Waals surface area (Å²) in [6, 6.07) is 7.79. The van der Waals surface area contributed by atoms with E-state index in [0.29, 0.717) is 22.6 Å². The Morgan fingerprint density at radius 2 is 1.75 bits per heavy atom. The first kappa shape index (κ1) is 17.2. The zero-order chi connectivity index (χ0) is 17.5. The number of amidine groups is 1. The molecule has 1 aromatic rings. The maximum absolute atomic E-state index is 12.6. The minimum atomic E-state index is -3.53. The SMILES string of the molecule is CC1=C(c2ccc(C)cc2)S(=O)(=O)NC1=N[C@@H]1CCC[C@H](C)[C@H]1C. The molecule has 1 heterocycles. The summed E-state index contributed by atoms with van der Waals surface area (Å²) >= 11 is 0. The second kappa shape index (κ2) is 6.36. The van der Waals surface area contributed by atoms with Crippen LogP contribution in [0.3, 0.4) is 0 Å². The van der Waals surface area contributed by atoms with E-state index >= 15 is 0 Å². The Bertz CT molecular complexity index is 791.